The summed E-state index contributed by atoms with van der Waals surface area (Å²) in [6, 6.07) is 43.9. The van der Waals surface area contributed by atoms with Crippen LogP contribution in [0.5, 0.6) is 0 Å². The third-order valence-electron chi connectivity index (χ3n) is 6.64. The van der Waals surface area contributed by atoms with E-state index in [4.69, 9.17) is 0 Å². The molecule has 0 bridgehead atoms. The minimum absolute atomic E-state index is 0.917. The summed E-state index contributed by atoms with van der Waals surface area (Å²) in [6.45, 7) is 2.17. The van der Waals surface area contributed by atoms with Crippen LogP contribution in [0, 0.1) is 0 Å². The Kier molecular flexibility index (Phi) is 6.38. The van der Waals surface area contributed by atoms with Crippen molar-refractivity contribution in [2.24, 2.45) is 0 Å². The number of benzene rings is 4. The van der Waals surface area contributed by atoms with Gasteiger partial charge < -0.3 is 0 Å². The summed E-state index contributed by atoms with van der Waals surface area (Å²) >= 11 is 4.69. The standard InChI is InChI=1S/C29H30BrN2P/c30-33(31-23-13-14-24-31,29-21-11-4-12-22-29,25-26-15-5-1-6-16-26)32(27-17-7-2-8-18-27)28-19-9-3-10-20-28/h1-12,15-22H,13-14,23-25H2. The van der Waals surface area contributed by atoms with Crippen molar-refractivity contribution in [2.75, 3.05) is 17.8 Å². The molecule has 1 aliphatic rings. The van der Waals surface area contributed by atoms with E-state index in [0.29, 0.717) is 0 Å². The van der Waals surface area contributed by atoms with Crippen molar-refractivity contribution in [3.05, 3.63) is 127 Å². The fraction of sp³-hybridized carbons (Fsp3) is 0.172. The quantitative estimate of drug-likeness (QED) is 0.228. The molecule has 2 nitrogen and oxygen atoms in total. The van der Waals surface area contributed by atoms with Crippen molar-refractivity contribution in [1.82, 2.24) is 4.67 Å². The molecular formula is C29H30BrN2P. The summed E-state index contributed by atoms with van der Waals surface area (Å²) in [5.41, 5.74) is 0.634. The first-order valence-corrected chi connectivity index (χ1v) is 16.0. The Morgan fingerprint density at radius 2 is 1.03 bits per heavy atom. The normalized spacial score (nSPS) is 15.6. The van der Waals surface area contributed by atoms with Gasteiger partial charge in [0.2, 0.25) is 0 Å². The maximum absolute atomic E-state index is 4.69. The fourth-order valence-corrected chi connectivity index (χ4v) is 14.0. The predicted octanol–water partition coefficient (Wildman–Crippen LogP) is 8.14. The molecule has 4 aromatic carbocycles. The fourth-order valence-electron chi connectivity index (χ4n) is 5.16. The first kappa shape index (κ1) is 22.3. The average Bonchev–Trinajstić information content (AvgIpc) is 3.43. The molecule has 0 N–H and O–H groups in total. The van der Waals surface area contributed by atoms with Crippen molar-refractivity contribution < 1.29 is 0 Å². The van der Waals surface area contributed by atoms with Crippen molar-refractivity contribution in [3.63, 3.8) is 0 Å². The van der Waals surface area contributed by atoms with E-state index in [0.717, 1.165) is 19.3 Å². The van der Waals surface area contributed by atoms with Gasteiger partial charge in [-0.2, -0.15) is 0 Å². The summed E-state index contributed by atoms with van der Waals surface area (Å²) in [6.07, 6.45) is 3.37. The van der Waals surface area contributed by atoms with Gasteiger partial charge >= 0.3 is 206 Å². The molecule has 1 heterocycles. The molecule has 168 valence electrons. The van der Waals surface area contributed by atoms with Crippen LogP contribution in [0.1, 0.15) is 18.4 Å². The Morgan fingerprint density at radius 3 is 1.52 bits per heavy atom. The van der Waals surface area contributed by atoms with Gasteiger partial charge in [0.1, 0.15) is 0 Å². The molecule has 0 atom stereocenters. The van der Waals surface area contributed by atoms with E-state index in [-0.39, 0.29) is 0 Å². The van der Waals surface area contributed by atoms with E-state index < -0.39 is 5.61 Å². The number of halogens is 1. The number of anilines is 2. The Labute approximate surface area is 205 Å². The Hall–Kier alpha value is -2.45. The van der Waals surface area contributed by atoms with Crippen LogP contribution in [-0.2, 0) is 6.16 Å². The molecule has 0 radical (unpaired) electrons. The van der Waals surface area contributed by atoms with Crippen LogP contribution in [0.3, 0.4) is 0 Å². The van der Waals surface area contributed by atoms with Gasteiger partial charge in [-0.3, -0.25) is 0 Å². The van der Waals surface area contributed by atoms with E-state index in [1.54, 1.807) is 0 Å². The van der Waals surface area contributed by atoms with Crippen LogP contribution in [0.25, 0.3) is 0 Å². The minimum atomic E-state index is -3.14. The van der Waals surface area contributed by atoms with E-state index in [1.165, 1.54) is 35.1 Å². The van der Waals surface area contributed by atoms with E-state index in [9.17, 15) is 0 Å². The topological polar surface area (TPSA) is 6.48 Å². The van der Waals surface area contributed by atoms with Gasteiger partial charge in [0.15, 0.2) is 0 Å². The Bertz CT molecular complexity index is 1130. The number of para-hydroxylation sites is 2. The summed E-state index contributed by atoms with van der Waals surface area (Å²) in [5.74, 6) is 0. The second-order valence-corrected chi connectivity index (χ2v) is 17.1. The molecule has 0 aromatic heterocycles. The molecule has 1 aliphatic heterocycles. The molecule has 0 amide bonds. The van der Waals surface area contributed by atoms with Crippen molar-refractivity contribution >= 4 is 37.8 Å². The summed E-state index contributed by atoms with van der Waals surface area (Å²) in [7, 11) is 0. The van der Waals surface area contributed by atoms with Crippen molar-refractivity contribution in [2.45, 2.75) is 19.0 Å². The van der Waals surface area contributed by atoms with Crippen LogP contribution < -0.4 is 9.97 Å². The van der Waals surface area contributed by atoms with Crippen LogP contribution >= 0.6 is 21.1 Å². The second kappa shape index (κ2) is 9.43. The monoisotopic (exact) mass is 516 g/mol. The van der Waals surface area contributed by atoms with Gasteiger partial charge in [0, 0.05) is 0 Å². The predicted molar refractivity (Wildman–Crippen MR) is 148 cm³/mol. The third kappa shape index (κ3) is 4.04. The molecule has 0 saturated carbocycles. The molecule has 1 saturated heterocycles. The van der Waals surface area contributed by atoms with Crippen molar-refractivity contribution in [1.29, 1.82) is 0 Å². The third-order valence-corrected chi connectivity index (χ3v) is 16.0. The van der Waals surface area contributed by atoms with Gasteiger partial charge in [-0.05, 0) is 0 Å². The molecule has 33 heavy (non-hydrogen) atoms. The SMILES string of the molecule is BrP(Cc1ccccc1)(c1ccccc1)(N1CCCC1)N(c1ccccc1)c1ccccc1. The van der Waals surface area contributed by atoms with Gasteiger partial charge in [-0.25, -0.2) is 0 Å². The number of rotatable bonds is 7. The van der Waals surface area contributed by atoms with Crippen LogP contribution in [0.2, 0.25) is 0 Å². The van der Waals surface area contributed by atoms with E-state index in [1.807, 2.05) is 0 Å². The molecule has 4 heteroatoms. The number of nitrogens with zero attached hydrogens (tertiary/aromatic N) is 2. The van der Waals surface area contributed by atoms with Gasteiger partial charge in [0.25, 0.3) is 0 Å². The Balaban J connectivity index is 1.86. The average molecular weight is 517 g/mol. The van der Waals surface area contributed by atoms with Crippen LogP contribution in [-0.4, -0.2) is 17.8 Å². The summed E-state index contributed by atoms with van der Waals surface area (Å²) in [4.78, 5) is 0. The van der Waals surface area contributed by atoms with Crippen LogP contribution in [0.15, 0.2) is 121 Å². The van der Waals surface area contributed by atoms with Gasteiger partial charge in [0.05, 0.1) is 0 Å². The maximum atomic E-state index is 4.69. The van der Waals surface area contributed by atoms with E-state index in [2.05, 4.69) is 146 Å². The second-order valence-electron chi connectivity index (χ2n) is 8.71. The van der Waals surface area contributed by atoms with Gasteiger partial charge in [-0.15, -0.1) is 0 Å². The zero-order valence-corrected chi connectivity index (χ0v) is 21.3. The summed E-state index contributed by atoms with van der Waals surface area (Å²) < 4.78 is 5.41. The molecule has 0 aliphatic carbocycles. The van der Waals surface area contributed by atoms with E-state index >= 15 is 0 Å². The molecule has 1 fully saturated rings. The first-order chi connectivity index (χ1) is 16.2. The summed E-state index contributed by atoms with van der Waals surface area (Å²) in [5, 5.41) is 1.36. The first-order valence-electron chi connectivity index (χ1n) is 11.7. The molecule has 0 spiro atoms. The molecule has 5 rings (SSSR count). The van der Waals surface area contributed by atoms with Crippen LogP contribution in [0.4, 0.5) is 11.4 Å². The number of hydrogen-bond donors (Lipinski definition) is 0. The zero-order chi connectivity index (χ0) is 22.6. The zero-order valence-electron chi connectivity index (χ0n) is 18.8. The molecular weight excluding hydrogens is 487 g/mol. The molecule has 4 aromatic rings. The van der Waals surface area contributed by atoms with Crippen molar-refractivity contribution in [3.8, 4) is 0 Å². The number of hydrogen-bond acceptors (Lipinski definition) is 2. The Morgan fingerprint density at radius 1 is 0.606 bits per heavy atom. The van der Waals surface area contributed by atoms with Gasteiger partial charge in [-0.1, -0.05) is 0 Å². The molecule has 0 unspecified atom stereocenters.